The zero-order valence-corrected chi connectivity index (χ0v) is 14.5. The number of amides is 1. The summed E-state index contributed by atoms with van der Waals surface area (Å²) in [5.41, 5.74) is 1.12. The first-order valence-corrected chi connectivity index (χ1v) is 9.14. The molecular formula is C17H13F2N3OS2. The van der Waals surface area contributed by atoms with E-state index in [-0.39, 0.29) is 11.7 Å². The molecular weight excluding hydrogens is 364 g/mol. The Morgan fingerprint density at radius 3 is 2.64 bits per heavy atom. The normalized spacial score (nSPS) is 10.6. The Bertz CT molecular complexity index is 871. The van der Waals surface area contributed by atoms with Crippen LogP contribution in [0.3, 0.4) is 0 Å². The Morgan fingerprint density at radius 1 is 1.08 bits per heavy atom. The lowest BCUT2D eigenvalue weighted by molar-refractivity contribution is -0.113. The molecule has 1 N–H and O–H groups in total. The third-order valence-electron chi connectivity index (χ3n) is 3.17. The van der Waals surface area contributed by atoms with Crippen molar-refractivity contribution in [1.82, 2.24) is 10.2 Å². The highest BCUT2D eigenvalue weighted by Crippen LogP contribution is 2.22. The van der Waals surface area contributed by atoms with Crippen LogP contribution in [0.15, 0.2) is 53.4 Å². The maximum Gasteiger partial charge on any atom is 0.236 e. The largest absolute Gasteiger partial charge is 0.300 e. The number of anilines is 1. The minimum absolute atomic E-state index is 0.0681. The molecule has 8 heteroatoms. The van der Waals surface area contributed by atoms with E-state index in [0.29, 0.717) is 16.4 Å². The van der Waals surface area contributed by atoms with Gasteiger partial charge in [0.1, 0.15) is 5.01 Å². The van der Waals surface area contributed by atoms with Gasteiger partial charge in [-0.25, -0.2) is 8.78 Å². The molecule has 0 fully saturated rings. The minimum atomic E-state index is -0.930. The second-order valence-electron chi connectivity index (χ2n) is 5.08. The number of thioether (sulfide) groups is 1. The van der Waals surface area contributed by atoms with E-state index >= 15 is 0 Å². The number of hydrogen-bond acceptors (Lipinski definition) is 5. The van der Waals surface area contributed by atoms with Crippen LogP contribution in [0, 0.1) is 11.6 Å². The van der Waals surface area contributed by atoms with E-state index in [0.717, 1.165) is 34.5 Å². The number of halogens is 2. The van der Waals surface area contributed by atoms with Gasteiger partial charge < -0.3 is 0 Å². The van der Waals surface area contributed by atoms with Crippen LogP contribution in [0.5, 0.6) is 0 Å². The summed E-state index contributed by atoms with van der Waals surface area (Å²) in [7, 11) is 0. The number of nitrogens with one attached hydrogen (secondary N) is 1. The van der Waals surface area contributed by atoms with Crippen LogP contribution < -0.4 is 5.32 Å². The second-order valence-corrected chi connectivity index (χ2v) is 7.19. The van der Waals surface area contributed by atoms with Crippen molar-refractivity contribution in [2.75, 3.05) is 11.1 Å². The van der Waals surface area contributed by atoms with E-state index in [1.807, 2.05) is 30.3 Å². The summed E-state index contributed by atoms with van der Waals surface area (Å²) in [6.45, 7) is 0. The number of carbonyl (C=O) groups is 1. The minimum Gasteiger partial charge on any atom is -0.300 e. The molecule has 0 aliphatic carbocycles. The van der Waals surface area contributed by atoms with Gasteiger partial charge >= 0.3 is 0 Å². The van der Waals surface area contributed by atoms with E-state index in [1.165, 1.54) is 17.4 Å². The van der Waals surface area contributed by atoms with Gasteiger partial charge in [-0.1, -0.05) is 41.7 Å². The number of aromatic nitrogens is 2. The van der Waals surface area contributed by atoms with E-state index < -0.39 is 11.6 Å². The summed E-state index contributed by atoms with van der Waals surface area (Å²) < 4.78 is 26.0. The molecule has 0 unspecified atom stereocenters. The summed E-state index contributed by atoms with van der Waals surface area (Å²) >= 11 is 2.43. The predicted octanol–water partition coefficient (Wildman–Crippen LogP) is 4.14. The van der Waals surface area contributed by atoms with Gasteiger partial charge in [-0.15, -0.1) is 22.0 Å². The number of benzene rings is 2. The quantitative estimate of drug-likeness (QED) is 0.656. The molecule has 0 aliphatic rings. The van der Waals surface area contributed by atoms with Crippen molar-refractivity contribution < 1.29 is 13.6 Å². The van der Waals surface area contributed by atoms with Crippen molar-refractivity contribution in [2.24, 2.45) is 0 Å². The second kappa shape index (κ2) is 8.17. The van der Waals surface area contributed by atoms with E-state index in [9.17, 15) is 13.6 Å². The SMILES string of the molecule is O=C(CSc1ccc(F)c(F)c1)Nc1nnc(Cc2ccccc2)s1. The molecule has 0 atom stereocenters. The molecule has 1 heterocycles. The van der Waals surface area contributed by atoms with Crippen LogP contribution in [-0.2, 0) is 11.2 Å². The fourth-order valence-corrected chi connectivity index (χ4v) is 3.53. The third-order valence-corrected chi connectivity index (χ3v) is 5.00. The molecule has 128 valence electrons. The van der Waals surface area contributed by atoms with Crippen LogP contribution in [0.25, 0.3) is 0 Å². The zero-order valence-electron chi connectivity index (χ0n) is 12.9. The Morgan fingerprint density at radius 2 is 1.88 bits per heavy atom. The van der Waals surface area contributed by atoms with Crippen molar-refractivity contribution in [3.05, 3.63) is 70.7 Å². The fourth-order valence-electron chi connectivity index (χ4n) is 2.02. The van der Waals surface area contributed by atoms with Gasteiger partial charge in [0.05, 0.1) is 5.75 Å². The number of nitrogens with zero attached hydrogens (tertiary/aromatic N) is 2. The van der Waals surface area contributed by atoms with E-state index in [4.69, 9.17) is 0 Å². The molecule has 1 amide bonds. The molecule has 0 saturated heterocycles. The highest BCUT2D eigenvalue weighted by atomic mass is 32.2. The van der Waals surface area contributed by atoms with Gasteiger partial charge in [0.25, 0.3) is 0 Å². The molecule has 0 saturated carbocycles. The van der Waals surface area contributed by atoms with Gasteiger partial charge in [0.15, 0.2) is 11.6 Å². The standard InChI is InChI=1S/C17H13F2N3OS2/c18-13-7-6-12(9-14(13)19)24-10-15(23)20-17-22-21-16(25-17)8-11-4-2-1-3-5-11/h1-7,9H,8,10H2,(H,20,22,23). The first kappa shape index (κ1) is 17.5. The molecule has 4 nitrogen and oxygen atoms in total. The van der Waals surface area contributed by atoms with E-state index in [1.54, 1.807) is 0 Å². The van der Waals surface area contributed by atoms with Gasteiger partial charge in [-0.3, -0.25) is 10.1 Å². The molecule has 2 aromatic carbocycles. The van der Waals surface area contributed by atoms with Crippen molar-refractivity contribution >= 4 is 34.1 Å². The van der Waals surface area contributed by atoms with Gasteiger partial charge in [0.2, 0.25) is 11.0 Å². The average Bonchev–Trinajstić information content (AvgIpc) is 3.03. The summed E-state index contributed by atoms with van der Waals surface area (Å²) in [4.78, 5) is 12.4. The first-order chi connectivity index (χ1) is 12.1. The molecule has 0 bridgehead atoms. The monoisotopic (exact) mass is 377 g/mol. The predicted molar refractivity (Wildman–Crippen MR) is 94.9 cm³/mol. The van der Waals surface area contributed by atoms with Gasteiger partial charge in [0, 0.05) is 11.3 Å². The smallest absolute Gasteiger partial charge is 0.236 e. The highest BCUT2D eigenvalue weighted by Gasteiger charge is 2.10. The number of carbonyl (C=O) groups excluding carboxylic acids is 1. The highest BCUT2D eigenvalue weighted by molar-refractivity contribution is 8.00. The summed E-state index contributed by atoms with van der Waals surface area (Å²) in [5.74, 6) is -2.05. The van der Waals surface area contributed by atoms with Crippen molar-refractivity contribution in [3.8, 4) is 0 Å². The number of rotatable bonds is 6. The molecule has 3 aromatic rings. The van der Waals surface area contributed by atoms with Crippen LogP contribution in [-0.4, -0.2) is 21.9 Å². The first-order valence-electron chi connectivity index (χ1n) is 7.34. The molecule has 0 spiro atoms. The molecule has 0 aliphatic heterocycles. The Balaban J connectivity index is 1.52. The van der Waals surface area contributed by atoms with Crippen molar-refractivity contribution in [3.63, 3.8) is 0 Å². The molecule has 0 radical (unpaired) electrons. The summed E-state index contributed by atoms with van der Waals surface area (Å²) in [6.07, 6.45) is 0.651. The summed E-state index contributed by atoms with van der Waals surface area (Å²) in [6, 6.07) is 13.4. The van der Waals surface area contributed by atoms with Crippen LogP contribution in [0.1, 0.15) is 10.6 Å². The maximum absolute atomic E-state index is 13.1. The third kappa shape index (κ3) is 5.07. The Kier molecular flexibility index (Phi) is 5.72. The lowest BCUT2D eigenvalue weighted by Crippen LogP contribution is -2.13. The molecule has 3 rings (SSSR count). The maximum atomic E-state index is 13.1. The van der Waals surface area contributed by atoms with Crippen LogP contribution in [0.2, 0.25) is 0 Å². The molecule has 25 heavy (non-hydrogen) atoms. The lowest BCUT2D eigenvalue weighted by Gasteiger charge is -2.02. The van der Waals surface area contributed by atoms with Gasteiger partial charge in [-0.05, 0) is 23.8 Å². The Hall–Kier alpha value is -2.32. The van der Waals surface area contributed by atoms with Crippen molar-refractivity contribution in [1.29, 1.82) is 0 Å². The van der Waals surface area contributed by atoms with Crippen LogP contribution in [0.4, 0.5) is 13.9 Å². The zero-order chi connectivity index (χ0) is 17.6. The van der Waals surface area contributed by atoms with Crippen molar-refractivity contribution in [2.45, 2.75) is 11.3 Å². The average molecular weight is 377 g/mol. The van der Waals surface area contributed by atoms with E-state index in [2.05, 4.69) is 15.5 Å². The van der Waals surface area contributed by atoms with Gasteiger partial charge in [-0.2, -0.15) is 0 Å². The van der Waals surface area contributed by atoms with Crippen LogP contribution >= 0.6 is 23.1 Å². The topological polar surface area (TPSA) is 54.9 Å². The Labute approximate surface area is 151 Å². The lowest BCUT2D eigenvalue weighted by atomic mass is 10.2. The number of hydrogen-bond donors (Lipinski definition) is 1. The fraction of sp³-hybridized carbons (Fsp3) is 0.118. The summed E-state index contributed by atoms with van der Waals surface area (Å²) in [5, 5.41) is 11.9. The molecule has 1 aromatic heterocycles.